The molecule has 1 aliphatic carbocycles. The van der Waals surface area contributed by atoms with Gasteiger partial charge in [-0.15, -0.1) is 0 Å². The third-order valence-corrected chi connectivity index (χ3v) is 5.57. The average Bonchev–Trinajstić information content (AvgIpc) is 3.34. The Morgan fingerprint density at radius 2 is 2.12 bits per heavy atom. The van der Waals surface area contributed by atoms with Crippen LogP contribution in [0.5, 0.6) is 5.88 Å². The first-order valence-corrected chi connectivity index (χ1v) is 9.62. The topological polar surface area (TPSA) is 52.4 Å². The van der Waals surface area contributed by atoms with Crippen LogP contribution in [0.4, 0.5) is 0 Å². The van der Waals surface area contributed by atoms with Gasteiger partial charge in [-0.1, -0.05) is 18.9 Å². The molecule has 6 heteroatoms. The molecule has 1 saturated carbocycles. The first-order chi connectivity index (χ1) is 12.8. The minimum absolute atomic E-state index is 0.310. The summed E-state index contributed by atoms with van der Waals surface area (Å²) in [5, 5.41) is 0. The molecule has 0 amide bonds. The highest BCUT2D eigenvalue weighted by Gasteiger charge is 2.26. The summed E-state index contributed by atoms with van der Waals surface area (Å²) in [4.78, 5) is 11.1. The quantitative estimate of drug-likeness (QED) is 0.763. The van der Waals surface area contributed by atoms with Crippen LogP contribution >= 0.6 is 0 Å². The van der Waals surface area contributed by atoms with Crippen molar-refractivity contribution < 1.29 is 9.47 Å². The standard InChI is InChI=1S/C20H28N4O2/c1-25-20-17(7-4-8-22-20)10-23-11-18-9-21-15-24(18)19(12-23)14-26-13-16-5-2-3-6-16/h4,7-9,15-16,19H,2-3,5-6,10-14H2,1H3/t19-/m1/s1. The Kier molecular flexibility index (Phi) is 5.51. The zero-order valence-corrected chi connectivity index (χ0v) is 15.5. The van der Waals surface area contributed by atoms with Crippen LogP contribution in [-0.2, 0) is 17.8 Å². The van der Waals surface area contributed by atoms with Crippen LogP contribution in [0.25, 0.3) is 0 Å². The van der Waals surface area contributed by atoms with E-state index in [0.717, 1.165) is 44.3 Å². The zero-order chi connectivity index (χ0) is 17.8. The van der Waals surface area contributed by atoms with E-state index in [9.17, 15) is 0 Å². The lowest BCUT2D eigenvalue weighted by atomic mass is 10.1. The fourth-order valence-corrected chi connectivity index (χ4v) is 4.23. The molecule has 1 aliphatic heterocycles. The highest BCUT2D eigenvalue weighted by atomic mass is 16.5. The third-order valence-electron chi connectivity index (χ3n) is 5.57. The van der Waals surface area contributed by atoms with Crippen molar-refractivity contribution in [2.45, 2.75) is 44.8 Å². The third kappa shape index (κ3) is 3.91. The molecule has 140 valence electrons. The maximum Gasteiger partial charge on any atom is 0.217 e. The summed E-state index contributed by atoms with van der Waals surface area (Å²) in [5.41, 5.74) is 2.36. The van der Waals surface area contributed by atoms with Crippen LogP contribution < -0.4 is 4.74 Å². The Morgan fingerprint density at radius 3 is 2.96 bits per heavy atom. The summed E-state index contributed by atoms with van der Waals surface area (Å²) in [5.74, 6) is 1.47. The van der Waals surface area contributed by atoms with Crippen LogP contribution in [0.3, 0.4) is 0 Å². The number of fused-ring (bicyclic) bond motifs is 1. The minimum Gasteiger partial charge on any atom is -0.481 e. The van der Waals surface area contributed by atoms with Gasteiger partial charge in [0.2, 0.25) is 5.88 Å². The molecule has 4 rings (SSSR count). The lowest BCUT2D eigenvalue weighted by Gasteiger charge is -2.34. The molecule has 0 saturated heterocycles. The maximum atomic E-state index is 6.11. The van der Waals surface area contributed by atoms with Crippen molar-refractivity contribution >= 4 is 0 Å². The van der Waals surface area contributed by atoms with Crippen molar-refractivity contribution in [2.75, 3.05) is 26.9 Å². The summed E-state index contributed by atoms with van der Waals surface area (Å²) in [7, 11) is 1.68. The van der Waals surface area contributed by atoms with E-state index >= 15 is 0 Å². The van der Waals surface area contributed by atoms with Gasteiger partial charge in [0, 0.05) is 44.2 Å². The largest absolute Gasteiger partial charge is 0.481 e. The molecular formula is C20H28N4O2. The predicted octanol–water partition coefficient (Wildman–Crippen LogP) is 3.05. The van der Waals surface area contributed by atoms with E-state index in [4.69, 9.17) is 9.47 Å². The molecule has 2 aromatic heterocycles. The van der Waals surface area contributed by atoms with Crippen molar-refractivity contribution in [3.63, 3.8) is 0 Å². The van der Waals surface area contributed by atoms with E-state index < -0.39 is 0 Å². The van der Waals surface area contributed by atoms with Gasteiger partial charge in [0.1, 0.15) is 0 Å². The molecule has 0 unspecified atom stereocenters. The summed E-state index contributed by atoms with van der Waals surface area (Å²) in [6.45, 7) is 4.31. The van der Waals surface area contributed by atoms with Gasteiger partial charge < -0.3 is 14.0 Å². The first-order valence-electron chi connectivity index (χ1n) is 9.62. The number of rotatable bonds is 7. The number of ether oxygens (including phenoxy) is 2. The van der Waals surface area contributed by atoms with E-state index in [1.807, 2.05) is 18.6 Å². The van der Waals surface area contributed by atoms with Crippen molar-refractivity contribution in [1.82, 2.24) is 19.4 Å². The highest BCUT2D eigenvalue weighted by molar-refractivity contribution is 5.25. The van der Waals surface area contributed by atoms with E-state index in [1.54, 1.807) is 13.3 Å². The van der Waals surface area contributed by atoms with Gasteiger partial charge in [-0.2, -0.15) is 0 Å². The number of nitrogens with zero attached hydrogens (tertiary/aromatic N) is 4. The van der Waals surface area contributed by atoms with Gasteiger partial charge in [-0.25, -0.2) is 9.97 Å². The Labute approximate surface area is 155 Å². The van der Waals surface area contributed by atoms with Crippen LogP contribution in [0.2, 0.25) is 0 Å². The molecule has 3 heterocycles. The van der Waals surface area contributed by atoms with Crippen LogP contribution in [0.1, 0.15) is 43.0 Å². The Morgan fingerprint density at radius 1 is 1.23 bits per heavy atom. The lowest BCUT2D eigenvalue weighted by Crippen LogP contribution is -2.38. The number of hydrogen-bond donors (Lipinski definition) is 0. The smallest absolute Gasteiger partial charge is 0.217 e. The van der Waals surface area contributed by atoms with Crippen LogP contribution in [0.15, 0.2) is 30.9 Å². The van der Waals surface area contributed by atoms with Crippen molar-refractivity contribution in [2.24, 2.45) is 5.92 Å². The number of aromatic nitrogens is 3. The number of pyridine rings is 1. The normalized spacial score (nSPS) is 21.0. The van der Waals surface area contributed by atoms with Crippen molar-refractivity contribution in [1.29, 1.82) is 0 Å². The summed E-state index contributed by atoms with van der Waals surface area (Å²) in [6, 6.07) is 4.36. The van der Waals surface area contributed by atoms with E-state index in [1.165, 1.54) is 31.4 Å². The SMILES string of the molecule is COc1ncccc1CN1Cc2cncn2[C@@H](COCC2CCCC2)C1. The number of methoxy groups -OCH3 is 1. The summed E-state index contributed by atoms with van der Waals surface area (Å²) in [6.07, 6.45) is 11.1. The molecule has 0 N–H and O–H groups in total. The molecule has 2 aliphatic rings. The molecule has 0 bridgehead atoms. The maximum absolute atomic E-state index is 6.11. The minimum atomic E-state index is 0.310. The average molecular weight is 356 g/mol. The van der Waals surface area contributed by atoms with Crippen molar-refractivity contribution in [3.8, 4) is 5.88 Å². The monoisotopic (exact) mass is 356 g/mol. The molecule has 0 spiro atoms. The van der Waals surface area contributed by atoms with Crippen LogP contribution in [-0.4, -0.2) is 46.3 Å². The predicted molar refractivity (Wildman–Crippen MR) is 98.9 cm³/mol. The Hall–Kier alpha value is -1.92. The van der Waals surface area contributed by atoms with Crippen LogP contribution in [0, 0.1) is 5.92 Å². The number of hydrogen-bond acceptors (Lipinski definition) is 5. The second-order valence-corrected chi connectivity index (χ2v) is 7.48. The highest BCUT2D eigenvalue weighted by Crippen LogP contribution is 2.27. The second kappa shape index (κ2) is 8.18. The molecule has 0 radical (unpaired) electrons. The van der Waals surface area contributed by atoms with Gasteiger partial charge >= 0.3 is 0 Å². The van der Waals surface area contributed by atoms with Gasteiger partial charge in [0.25, 0.3) is 0 Å². The van der Waals surface area contributed by atoms with Gasteiger partial charge in [-0.3, -0.25) is 4.90 Å². The first kappa shape index (κ1) is 17.5. The Balaban J connectivity index is 1.40. The molecule has 6 nitrogen and oxygen atoms in total. The molecule has 1 atom stereocenters. The number of imidazole rings is 1. The van der Waals surface area contributed by atoms with E-state index in [-0.39, 0.29) is 0 Å². The second-order valence-electron chi connectivity index (χ2n) is 7.48. The van der Waals surface area contributed by atoms with E-state index in [0.29, 0.717) is 11.9 Å². The summed E-state index contributed by atoms with van der Waals surface area (Å²) < 4.78 is 13.8. The van der Waals surface area contributed by atoms with Crippen molar-refractivity contribution in [3.05, 3.63) is 42.1 Å². The Bertz CT molecular complexity index is 711. The zero-order valence-electron chi connectivity index (χ0n) is 15.5. The van der Waals surface area contributed by atoms with Gasteiger partial charge in [0.15, 0.2) is 0 Å². The van der Waals surface area contributed by atoms with E-state index in [2.05, 4.69) is 25.5 Å². The fraction of sp³-hybridized carbons (Fsp3) is 0.600. The van der Waals surface area contributed by atoms with Gasteiger partial charge in [-0.05, 0) is 24.8 Å². The molecular weight excluding hydrogens is 328 g/mol. The fourth-order valence-electron chi connectivity index (χ4n) is 4.23. The van der Waals surface area contributed by atoms with Gasteiger partial charge in [0.05, 0.1) is 31.8 Å². The summed E-state index contributed by atoms with van der Waals surface area (Å²) >= 11 is 0. The molecule has 26 heavy (non-hydrogen) atoms. The lowest BCUT2D eigenvalue weighted by molar-refractivity contribution is 0.0496. The molecule has 1 fully saturated rings. The molecule has 2 aromatic rings. The molecule has 0 aromatic carbocycles.